The first-order valence-electron chi connectivity index (χ1n) is 6.49. The number of amides is 2. The van der Waals surface area contributed by atoms with Gasteiger partial charge in [-0.3, -0.25) is 14.4 Å². The van der Waals surface area contributed by atoms with E-state index in [0.29, 0.717) is 23.1 Å². The van der Waals surface area contributed by atoms with Crippen molar-refractivity contribution in [2.75, 3.05) is 24.2 Å². The standard InChI is InChI=1S/C13H14ClN3O4S/c1-8(12(19)16-10-3-2-9(14)6-15-10)21-11(18)7-17-4-5-22-13(17)20/h2-3,6,8H,4-5,7H2,1H3,(H,15,16,19)/t8-/m1/s1. The van der Waals surface area contributed by atoms with Gasteiger partial charge in [0, 0.05) is 18.5 Å². The summed E-state index contributed by atoms with van der Waals surface area (Å²) < 4.78 is 5.01. The van der Waals surface area contributed by atoms with Crippen molar-refractivity contribution in [2.45, 2.75) is 13.0 Å². The molecule has 2 rings (SSSR count). The molecule has 0 spiro atoms. The van der Waals surface area contributed by atoms with E-state index < -0.39 is 18.0 Å². The summed E-state index contributed by atoms with van der Waals surface area (Å²) in [6.45, 7) is 1.81. The predicted molar refractivity (Wildman–Crippen MR) is 82.9 cm³/mol. The van der Waals surface area contributed by atoms with Crippen LogP contribution in [0.3, 0.4) is 0 Å². The molecule has 9 heteroatoms. The molecular weight excluding hydrogens is 330 g/mol. The van der Waals surface area contributed by atoms with Crippen molar-refractivity contribution < 1.29 is 19.1 Å². The number of pyridine rings is 1. The number of carbonyl (C=O) groups is 3. The second kappa shape index (κ2) is 7.46. The molecule has 1 aliphatic rings. The first-order valence-corrected chi connectivity index (χ1v) is 7.85. The third kappa shape index (κ3) is 4.60. The molecule has 1 N–H and O–H groups in total. The van der Waals surface area contributed by atoms with Crippen molar-refractivity contribution >= 4 is 46.3 Å². The summed E-state index contributed by atoms with van der Waals surface area (Å²) in [6, 6.07) is 3.12. The topological polar surface area (TPSA) is 88.6 Å². The van der Waals surface area contributed by atoms with E-state index >= 15 is 0 Å². The van der Waals surface area contributed by atoms with Crippen LogP contribution >= 0.6 is 23.4 Å². The average molecular weight is 344 g/mol. The predicted octanol–water partition coefficient (Wildman–Crippen LogP) is 1.77. The maximum absolute atomic E-state index is 11.9. The molecule has 0 radical (unpaired) electrons. The number of hydrogen-bond donors (Lipinski definition) is 1. The molecule has 0 saturated carbocycles. The Bertz CT molecular complexity index is 581. The smallest absolute Gasteiger partial charge is 0.326 e. The van der Waals surface area contributed by atoms with E-state index in [1.807, 2.05) is 0 Å². The monoisotopic (exact) mass is 343 g/mol. The van der Waals surface area contributed by atoms with Gasteiger partial charge in [0.15, 0.2) is 6.10 Å². The maximum Gasteiger partial charge on any atom is 0.326 e. The van der Waals surface area contributed by atoms with Crippen molar-refractivity contribution in [1.82, 2.24) is 9.88 Å². The molecule has 0 aliphatic carbocycles. The molecule has 2 amide bonds. The van der Waals surface area contributed by atoms with Crippen LogP contribution in [-0.4, -0.2) is 51.9 Å². The number of aromatic nitrogens is 1. The zero-order valence-corrected chi connectivity index (χ0v) is 13.3. The number of anilines is 1. The van der Waals surface area contributed by atoms with Crippen LogP contribution in [-0.2, 0) is 14.3 Å². The van der Waals surface area contributed by atoms with Crippen molar-refractivity contribution in [1.29, 1.82) is 0 Å². The second-order valence-corrected chi connectivity index (χ2v) is 6.00. The third-order valence-corrected chi connectivity index (χ3v) is 3.94. The molecule has 1 atom stereocenters. The quantitative estimate of drug-likeness (QED) is 0.820. The number of thioether (sulfide) groups is 1. The van der Waals surface area contributed by atoms with E-state index in [4.69, 9.17) is 16.3 Å². The van der Waals surface area contributed by atoms with E-state index in [-0.39, 0.29) is 11.8 Å². The number of esters is 1. The summed E-state index contributed by atoms with van der Waals surface area (Å²) >= 11 is 6.85. The normalized spacial score (nSPS) is 15.5. The largest absolute Gasteiger partial charge is 0.451 e. The van der Waals surface area contributed by atoms with Crippen LogP contribution in [0.25, 0.3) is 0 Å². The summed E-state index contributed by atoms with van der Waals surface area (Å²) in [7, 11) is 0. The first kappa shape index (κ1) is 16.6. The Hall–Kier alpha value is -1.80. The number of nitrogens with zero attached hydrogens (tertiary/aromatic N) is 2. The average Bonchev–Trinajstić information content (AvgIpc) is 2.86. The highest BCUT2D eigenvalue weighted by Crippen LogP contribution is 2.17. The zero-order valence-electron chi connectivity index (χ0n) is 11.7. The Morgan fingerprint density at radius 2 is 2.32 bits per heavy atom. The number of carbonyl (C=O) groups excluding carboxylic acids is 3. The van der Waals surface area contributed by atoms with Crippen LogP contribution in [0, 0.1) is 0 Å². The van der Waals surface area contributed by atoms with E-state index in [9.17, 15) is 14.4 Å². The SMILES string of the molecule is C[C@@H](OC(=O)CN1CCSC1=O)C(=O)Nc1ccc(Cl)cn1. The van der Waals surface area contributed by atoms with E-state index in [2.05, 4.69) is 10.3 Å². The fourth-order valence-electron chi connectivity index (χ4n) is 1.69. The third-order valence-electron chi connectivity index (χ3n) is 2.82. The molecule has 1 saturated heterocycles. The van der Waals surface area contributed by atoms with Crippen molar-refractivity contribution in [3.05, 3.63) is 23.4 Å². The van der Waals surface area contributed by atoms with Gasteiger partial charge in [0.25, 0.3) is 11.1 Å². The van der Waals surface area contributed by atoms with Gasteiger partial charge >= 0.3 is 5.97 Å². The minimum absolute atomic E-state index is 0.150. The fraction of sp³-hybridized carbons (Fsp3) is 0.385. The molecule has 1 aromatic heterocycles. The van der Waals surface area contributed by atoms with Crippen LogP contribution in [0.15, 0.2) is 18.3 Å². The van der Waals surface area contributed by atoms with Crippen LogP contribution in [0.1, 0.15) is 6.92 Å². The molecule has 0 unspecified atom stereocenters. The fourth-order valence-corrected chi connectivity index (χ4v) is 2.63. The van der Waals surface area contributed by atoms with Gasteiger partial charge in [0.1, 0.15) is 12.4 Å². The van der Waals surface area contributed by atoms with Crippen LogP contribution < -0.4 is 5.32 Å². The Morgan fingerprint density at radius 3 is 2.91 bits per heavy atom. The molecule has 2 heterocycles. The lowest BCUT2D eigenvalue weighted by molar-refractivity contribution is -0.153. The van der Waals surface area contributed by atoms with Crippen molar-refractivity contribution in [3.8, 4) is 0 Å². The molecule has 0 aromatic carbocycles. The highest BCUT2D eigenvalue weighted by Gasteiger charge is 2.26. The van der Waals surface area contributed by atoms with Gasteiger partial charge in [-0.05, 0) is 19.1 Å². The number of ether oxygens (including phenoxy) is 1. The Kier molecular flexibility index (Phi) is 5.62. The van der Waals surface area contributed by atoms with E-state index in [1.54, 1.807) is 6.07 Å². The molecule has 1 fully saturated rings. The highest BCUT2D eigenvalue weighted by atomic mass is 35.5. The summed E-state index contributed by atoms with van der Waals surface area (Å²) in [5.41, 5.74) is 0. The van der Waals surface area contributed by atoms with Gasteiger partial charge < -0.3 is 15.0 Å². The van der Waals surface area contributed by atoms with Gasteiger partial charge in [0.2, 0.25) is 0 Å². The first-order chi connectivity index (χ1) is 10.5. The van der Waals surface area contributed by atoms with Crippen LogP contribution in [0.2, 0.25) is 5.02 Å². The van der Waals surface area contributed by atoms with Crippen LogP contribution in [0.5, 0.6) is 0 Å². The number of halogens is 1. The minimum atomic E-state index is -0.990. The molecule has 118 valence electrons. The lowest BCUT2D eigenvalue weighted by Crippen LogP contribution is -2.36. The van der Waals surface area contributed by atoms with Crippen LogP contribution in [0.4, 0.5) is 10.6 Å². The molecule has 1 aliphatic heterocycles. The molecule has 1 aromatic rings. The van der Waals surface area contributed by atoms with Gasteiger partial charge in [-0.25, -0.2) is 4.98 Å². The van der Waals surface area contributed by atoms with Gasteiger partial charge in [-0.1, -0.05) is 23.4 Å². The zero-order chi connectivity index (χ0) is 16.1. The van der Waals surface area contributed by atoms with Gasteiger partial charge in [-0.15, -0.1) is 0 Å². The molecule has 0 bridgehead atoms. The number of hydrogen-bond acceptors (Lipinski definition) is 6. The maximum atomic E-state index is 11.9. The molecule has 22 heavy (non-hydrogen) atoms. The highest BCUT2D eigenvalue weighted by molar-refractivity contribution is 8.13. The summed E-state index contributed by atoms with van der Waals surface area (Å²) in [4.78, 5) is 40.3. The lowest BCUT2D eigenvalue weighted by Gasteiger charge is -2.16. The summed E-state index contributed by atoms with van der Waals surface area (Å²) in [5.74, 6) is -0.166. The van der Waals surface area contributed by atoms with Gasteiger partial charge in [-0.2, -0.15) is 0 Å². The number of nitrogens with one attached hydrogen (secondary N) is 1. The minimum Gasteiger partial charge on any atom is -0.451 e. The Morgan fingerprint density at radius 1 is 1.55 bits per heavy atom. The Balaban J connectivity index is 1.81. The number of rotatable bonds is 5. The van der Waals surface area contributed by atoms with E-state index in [0.717, 1.165) is 11.8 Å². The van der Waals surface area contributed by atoms with Gasteiger partial charge in [0.05, 0.1) is 5.02 Å². The Labute approximate surface area is 136 Å². The summed E-state index contributed by atoms with van der Waals surface area (Å²) in [5, 5.41) is 2.80. The molecule has 7 nitrogen and oxygen atoms in total. The summed E-state index contributed by atoms with van der Waals surface area (Å²) in [6.07, 6.45) is 0.403. The van der Waals surface area contributed by atoms with Crippen molar-refractivity contribution in [2.24, 2.45) is 0 Å². The molecular formula is C13H14ClN3O4S. The lowest BCUT2D eigenvalue weighted by atomic mass is 10.3. The van der Waals surface area contributed by atoms with E-state index in [1.165, 1.54) is 24.1 Å². The van der Waals surface area contributed by atoms with Crippen molar-refractivity contribution in [3.63, 3.8) is 0 Å². The second-order valence-electron chi connectivity index (χ2n) is 4.52.